The smallest absolute Gasteiger partial charge is 0.347 e. The molecule has 4 rings (SSSR count). The van der Waals surface area contributed by atoms with Crippen LogP contribution in [0, 0.1) is 5.92 Å². The van der Waals surface area contributed by atoms with Gasteiger partial charge in [0.25, 0.3) is 6.01 Å². The summed E-state index contributed by atoms with van der Waals surface area (Å²) >= 11 is 0. The van der Waals surface area contributed by atoms with Crippen molar-refractivity contribution in [2.24, 2.45) is 5.92 Å². The molecule has 170 valence electrons. The molecule has 6 nitrogen and oxygen atoms in total. The molecule has 1 aliphatic carbocycles. The Morgan fingerprint density at radius 1 is 1.16 bits per heavy atom. The number of anilines is 1. The van der Waals surface area contributed by atoms with Crippen molar-refractivity contribution in [3.8, 4) is 5.75 Å². The number of hydrogen-bond donors (Lipinski definition) is 1. The quantitative estimate of drug-likeness (QED) is 0.464. The summed E-state index contributed by atoms with van der Waals surface area (Å²) in [5.41, 5.74) is 1.50. The Bertz CT molecular complexity index is 1020. The SMILES string of the molecule is CC(C)(Oc1cccc(CCN(CC2CCCCC2)c2nc3ccccc3o2)c1)C(=O)O. The number of oxazole rings is 1. The molecule has 0 aliphatic heterocycles. The number of benzene rings is 2. The Labute approximate surface area is 189 Å². The fourth-order valence-electron chi connectivity index (χ4n) is 4.31. The van der Waals surface area contributed by atoms with E-state index in [1.54, 1.807) is 19.9 Å². The van der Waals surface area contributed by atoms with Gasteiger partial charge in [-0.15, -0.1) is 0 Å². The van der Waals surface area contributed by atoms with Crippen molar-refractivity contribution in [3.05, 3.63) is 54.1 Å². The second-order valence-electron chi connectivity index (χ2n) is 9.23. The van der Waals surface area contributed by atoms with Gasteiger partial charge in [0.05, 0.1) is 0 Å². The second kappa shape index (κ2) is 9.63. The summed E-state index contributed by atoms with van der Waals surface area (Å²) in [6.07, 6.45) is 7.22. The molecule has 1 N–H and O–H groups in total. The zero-order valence-corrected chi connectivity index (χ0v) is 18.9. The fraction of sp³-hybridized carbons (Fsp3) is 0.462. The van der Waals surface area contributed by atoms with Crippen molar-refractivity contribution in [2.45, 2.75) is 58.0 Å². The minimum absolute atomic E-state index is 0.565. The van der Waals surface area contributed by atoms with Gasteiger partial charge in [-0.1, -0.05) is 43.5 Å². The van der Waals surface area contributed by atoms with Crippen molar-refractivity contribution < 1.29 is 19.1 Å². The first kappa shape index (κ1) is 22.2. The molecule has 32 heavy (non-hydrogen) atoms. The number of rotatable bonds is 9. The van der Waals surface area contributed by atoms with Crippen LogP contribution in [-0.2, 0) is 11.2 Å². The third-order valence-electron chi connectivity index (χ3n) is 6.21. The van der Waals surface area contributed by atoms with E-state index in [1.165, 1.54) is 32.1 Å². The van der Waals surface area contributed by atoms with Crippen LogP contribution in [0.2, 0.25) is 0 Å². The Morgan fingerprint density at radius 3 is 2.69 bits per heavy atom. The van der Waals surface area contributed by atoms with Crippen LogP contribution in [0.25, 0.3) is 11.1 Å². The molecule has 0 bridgehead atoms. The van der Waals surface area contributed by atoms with Crippen LogP contribution in [0.15, 0.2) is 52.9 Å². The lowest BCUT2D eigenvalue weighted by Gasteiger charge is -2.29. The number of aromatic nitrogens is 1. The molecule has 0 saturated heterocycles. The van der Waals surface area contributed by atoms with Gasteiger partial charge in [0.15, 0.2) is 11.2 Å². The van der Waals surface area contributed by atoms with E-state index in [2.05, 4.69) is 4.90 Å². The highest BCUT2D eigenvalue weighted by Crippen LogP contribution is 2.28. The number of fused-ring (bicyclic) bond motifs is 1. The van der Waals surface area contributed by atoms with Crippen LogP contribution < -0.4 is 9.64 Å². The van der Waals surface area contributed by atoms with Crippen molar-refractivity contribution in [1.82, 2.24) is 4.98 Å². The zero-order valence-electron chi connectivity index (χ0n) is 18.9. The van der Waals surface area contributed by atoms with Crippen LogP contribution in [0.4, 0.5) is 6.01 Å². The van der Waals surface area contributed by atoms with E-state index >= 15 is 0 Å². The average molecular weight is 437 g/mol. The lowest BCUT2D eigenvalue weighted by atomic mass is 9.89. The van der Waals surface area contributed by atoms with Crippen LogP contribution >= 0.6 is 0 Å². The van der Waals surface area contributed by atoms with Gasteiger partial charge in [0, 0.05) is 13.1 Å². The zero-order chi connectivity index (χ0) is 22.6. The summed E-state index contributed by atoms with van der Waals surface area (Å²) < 4.78 is 11.8. The Balaban J connectivity index is 1.49. The molecule has 1 aromatic heterocycles. The molecular formula is C26H32N2O4. The number of carbonyl (C=O) groups is 1. The third kappa shape index (κ3) is 5.42. The molecule has 0 atom stereocenters. The summed E-state index contributed by atoms with van der Waals surface area (Å²) in [5.74, 6) is 0.234. The minimum atomic E-state index is -1.27. The maximum absolute atomic E-state index is 11.4. The van der Waals surface area contributed by atoms with Crippen molar-refractivity contribution >= 4 is 23.1 Å². The minimum Gasteiger partial charge on any atom is -0.478 e. The molecule has 3 aromatic rings. The number of aliphatic carboxylic acids is 1. The molecule has 0 radical (unpaired) electrons. The van der Waals surface area contributed by atoms with Crippen LogP contribution in [0.1, 0.15) is 51.5 Å². The third-order valence-corrected chi connectivity index (χ3v) is 6.21. The molecular weight excluding hydrogens is 404 g/mol. The number of carboxylic acids is 1. The van der Waals surface area contributed by atoms with E-state index in [1.807, 2.05) is 42.5 Å². The first-order valence-corrected chi connectivity index (χ1v) is 11.5. The lowest BCUT2D eigenvalue weighted by molar-refractivity contribution is -0.152. The predicted octanol–water partition coefficient (Wildman–Crippen LogP) is 5.70. The summed E-state index contributed by atoms with van der Waals surface area (Å²) in [6, 6.07) is 16.2. The molecule has 0 spiro atoms. The normalized spacial score (nSPS) is 15.1. The van der Waals surface area contributed by atoms with Crippen LogP contribution in [0.5, 0.6) is 5.75 Å². The molecule has 1 aliphatic rings. The Kier molecular flexibility index (Phi) is 6.68. The molecule has 0 unspecified atom stereocenters. The van der Waals surface area contributed by atoms with Crippen molar-refractivity contribution in [2.75, 3.05) is 18.0 Å². The largest absolute Gasteiger partial charge is 0.478 e. The highest BCUT2D eigenvalue weighted by atomic mass is 16.5. The van der Waals surface area contributed by atoms with Gasteiger partial charge in [-0.05, 0) is 68.9 Å². The maximum atomic E-state index is 11.4. The van der Waals surface area contributed by atoms with Gasteiger partial charge in [-0.3, -0.25) is 0 Å². The van der Waals surface area contributed by atoms with E-state index in [9.17, 15) is 9.90 Å². The Hall–Kier alpha value is -3.02. The van der Waals surface area contributed by atoms with E-state index in [-0.39, 0.29) is 0 Å². The molecule has 2 aromatic carbocycles. The van der Waals surface area contributed by atoms with E-state index in [0.29, 0.717) is 17.7 Å². The Morgan fingerprint density at radius 2 is 1.94 bits per heavy atom. The highest BCUT2D eigenvalue weighted by Gasteiger charge is 2.29. The molecule has 1 heterocycles. The molecule has 1 saturated carbocycles. The second-order valence-corrected chi connectivity index (χ2v) is 9.23. The number of nitrogens with zero attached hydrogens (tertiary/aromatic N) is 2. The standard InChI is InChI=1S/C26H32N2O4/c1-26(2,24(29)30)32-21-12-8-11-19(17-21)15-16-28(18-20-9-4-3-5-10-20)25-27-22-13-6-7-14-23(22)31-25/h6-8,11-14,17,20H,3-5,9-10,15-16,18H2,1-2H3,(H,29,30). The van der Waals surface area contributed by atoms with Gasteiger partial charge in [0.2, 0.25) is 0 Å². The van der Waals surface area contributed by atoms with Gasteiger partial charge >= 0.3 is 5.97 Å². The fourth-order valence-corrected chi connectivity index (χ4v) is 4.31. The number of hydrogen-bond acceptors (Lipinski definition) is 5. The summed E-state index contributed by atoms with van der Waals surface area (Å²) in [4.78, 5) is 18.4. The predicted molar refractivity (Wildman–Crippen MR) is 125 cm³/mol. The van der Waals surface area contributed by atoms with Gasteiger partial charge in [-0.25, -0.2) is 4.79 Å². The van der Waals surface area contributed by atoms with Crippen molar-refractivity contribution in [3.63, 3.8) is 0 Å². The highest BCUT2D eigenvalue weighted by molar-refractivity contribution is 5.76. The van der Waals surface area contributed by atoms with Crippen LogP contribution in [-0.4, -0.2) is 34.8 Å². The average Bonchev–Trinajstić information content (AvgIpc) is 3.21. The van der Waals surface area contributed by atoms with Gasteiger partial charge in [0.1, 0.15) is 11.3 Å². The summed E-state index contributed by atoms with van der Waals surface area (Å²) in [5, 5.41) is 9.34. The maximum Gasteiger partial charge on any atom is 0.347 e. The van der Waals surface area contributed by atoms with E-state index < -0.39 is 11.6 Å². The van der Waals surface area contributed by atoms with Gasteiger partial charge < -0.3 is 19.2 Å². The van der Waals surface area contributed by atoms with Crippen molar-refractivity contribution in [1.29, 1.82) is 0 Å². The van der Waals surface area contributed by atoms with E-state index in [0.717, 1.165) is 36.2 Å². The van der Waals surface area contributed by atoms with E-state index in [4.69, 9.17) is 14.1 Å². The monoisotopic (exact) mass is 436 g/mol. The molecule has 0 amide bonds. The molecule has 6 heteroatoms. The molecule has 1 fully saturated rings. The lowest BCUT2D eigenvalue weighted by Crippen LogP contribution is -2.37. The number of ether oxygens (including phenoxy) is 1. The number of para-hydroxylation sites is 2. The first-order valence-electron chi connectivity index (χ1n) is 11.5. The first-order chi connectivity index (χ1) is 15.4. The topological polar surface area (TPSA) is 75.8 Å². The van der Waals surface area contributed by atoms with Crippen LogP contribution in [0.3, 0.4) is 0 Å². The number of carboxylic acid groups (broad SMARTS) is 1. The van der Waals surface area contributed by atoms with Gasteiger partial charge in [-0.2, -0.15) is 4.98 Å². The summed E-state index contributed by atoms with van der Waals surface area (Å²) in [7, 11) is 0. The summed E-state index contributed by atoms with van der Waals surface area (Å²) in [6.45, 7) is 4.83.